The summed E-state index contributed by atoms with van der Waals surface area (Å²) >= 11 is 1.15. The van der Waals surface area contributed by atoms with Gasteiger partial charge in [-0.25, -0.2) is 22.9 Å². The zero-order valence-corrected chi connectivity index (χ0v) is 31.0. The first kappa shape index (κ1) is 38.8. The maximum Gasteiger partial charge on any atom is 0.337 e. The van der Waals surface area contributed by atoms with Crippen LogP contribution in [0.3, 0.4) is 0 Å². The van der Waals surface area contributed by atoms with Crippen molar-refractivity contribution in [3.05, 3.63) is 110 Å². The lowest BCUT2D eigenvalue weighted by atomic mass is 10.1. The third-order valence-electron chi connectivity index (χ3n) is 8.48. The summed E-state index contributed by atoms with van der Waals surface area (Å²) in [5.74, 6) is -1.25. The molecule has 0 saturated heterocycles. The second kappa shape index (κ2) is 17.4. The van der Waals surface area contributed by atoms with Crippen LogP contribution in [0, 0.1) is 11.6 Å². The molecule has 0 unspecified atom stereocenters. The molecule has 280 valence electrons. The molecule has 0 aliphatic carbocycles. The van der Waals surface area contributed by atoms with E-state index < -0.39 is 29.4 Å². The summed E-state index contributed by atoms with van der Waals surface area (Å²) < 4.78 is 43.2. The van der Waals surface area contributed by atoms with E-state index in [2.05, 4.69) is 10.6 Å². The third kappa shape index (κ3) is 8.99. The van der Waals surface area contributed by atoms with E-state index in [0.717, 1.165) is 28.0 Å². The Balaban J connectivity index is 1.73. The van der Waals surface area contributed by atoms with Crippen LogP contribution in [0.2, 0.25) is 0 Å². The van der Waals surface area contributed by atoms with Gasteiger partial charge >= 0.3 is 11.7 Å². The molecule has 0 aliphatic heterocycles. The van der Waals surface area contributed by atoms with E-state index in [1.54, 1.807) is 76.7 Å². The molecule has 12 nitrogen and oxygen atoms in total. The van der Waals surface area contributed by atoms with Gasteiger partial charge in [-0.2, -0.15) is 0 Å². The van der Waals surface area contributed by atoms with Crippen molar-refractivity contribution in [2.24, 2.45) is 0 Å². The van der Waals surface area contributed by atoms with Gasteiger partial charge in [0.2, 0.25) is 5.91 Å². The smallest absolute Gasteiger partial charge is 0.337 e. The predicted octanol–water partition coefficient (Wildman–Crippen LogP) is 5.28. The Morgan fingerprint density at radius 2 is 1.58 bits per heavy atom. The summed E-state index contributed by atoms with van der Waals surface area (Å²) in [5, 5.41) is 5.63. The maximum atomic E-state index is 15.1. The van der Waals surface area contributed by atoms with Crippen LogP contribution in [0.1, 0.15) is 24.5 Å². The zero-order chi connectivity index (χ0) is 38.2. The summed E-state index contributed by atoms with van der Waals surface area (Å²) in [6.45, 7) is 2.98. The van der Waals surface area contributed by atoms with E-state index in [-0.39, 0.29) is 46.4 Å². The number of ether oxygens (including phenoxy) is 2. The van der Waals surface area contributed by atoms with Crippen LogP contribution in [0.25, 0.3) is 26.3 Å². The fraction of sp³-hybridized carbons (Fsp3) is 0.316. The molecular weight excluding hydrogens is 707 g/mol. The SMILES string of the molecule is CCNC(=O)Nc1ccc(-c2sc3c(c2CN(C)CCC(=O)N(C)C)c(=O)n(-c2ccc(OCCOC)cc2)c(=O)n3Cc2c(F)cccc2F)cc1. The van der Waals surface area contributed by atoms with E-state index in [4.69, 9.17) is 9.47 Å². The van der Waals surface area contributed by atoms with Crippen molar-refractivity contribution in [2.45, 2.75) is 26.4 Å². The van der Waals surface area contributed by atoms with Crippen molar-refractivity contribution in [2.75, 3.05) is 59.9 Å². The molecule has 2 N–H and O–H groups in total. The number of hydrogen-bond donors (Lipinski definition) is 2. The first-order valence-corrected chi connectivity index (χ1v) is 17.7. The Hall–Kier alpha value is -5.38. The molecule has 0 atom stereocenters. The lowest BCUT2D eigenvalue weighted by Gasteiger charge is -2.19. The van der Waals surface area contributed by atoms with Crippen molar-refractivity contribution in [1.82, 2.24) is 24.3 Å². The van der Waals surface area contributed by atoms with E-state index >= 15 is 8.78 Å². The van der Waals surface area contributed by atoms with Gasteiger partial charge in [0.25, 0.3) is 5.56 Å². The number of fused-ring (bicyclic) bond motifs is 1. The Morgan fingerprint density at radius 1 is 0.906 bits per heavy atom. The van der Waals surface area contributed by atoms with Gasteiger partial charge in [0.15, 0.2) is 0 Å². The number of nitrogens with one attached hydrogen (secondary N) is 2. The van der Waals surface area contributed by atoms with Crippen LogP contribution >= 0.6 is 11.3 Å². The second-order valence-corrected chi connectivity index (χ2v) is 13.5. The van der Waals surface area contributed by atoms with Crippen molar-refractivity contribution in [1.29, 1.82) is 0 Å². The van der Waals surface area contributed by atoms with Gasteiger partial charge in [0.05, 0.1) is 24.2 Å². The minimum Gasteiger partial charge on any atom is -0.491 e. The number of carbonyl (C=O) groups excluding carboxylic acids is 2. The van der Waals surface area contributed by atoms with Crippen LogP contribution in [-0.2, 0) is 22.6 Å². The number of thiophene rings is 1. The number of carbonyl (C=O) groups is 2. The third-order valence-corrected chi connectivity index (χ3v) is 9.78. The molecule has 0 radical (unpaired) electrons. The predicted molar refractivity (Wildman–Crippen MR) is 202 cm³/mol. The average Bonchev–Trinajstić information content (AvgIpc) is 3.50. The van der Waals surface area contributed by atoms with Gasteiger partial charge in [-0.1, -0.05) is 18.2 Å². The lowest BCUT2D eigenvalue weighted by Crippen LogP contribution is -2.39. The van der Waals surface area contributed by atoms with Crippen LogP contribution in [0.5, 0.6) is 5.75 Å². The summed E-state index contributed by atoms with van der Waals surface area (Å²) in [6.07, 6.45) is 0.224. The van der Waals surface area contributed by atoms with Gasteiger partial charge in [-0.05, 0) is 73.6 Å². The van der Waals surface area contributed by atoms with Crippen LogP contribution in [0.15, 0.2) is 76.3 Å². The van der Waals surface area contributed by atoms with Gasteiger partial charge in [-0.3, -0.25) is 14.2 Å². The van der Waals surface area contributed by atoms with E-state index in [1.807, 2.05) is 11.9 Å². The quantitative estimate of drug-likeness (QED) is 0.140. The van der Waals surface area contributed by atoms with Gasteiger partial charge in [-0.15, -0.1) is 11.3 Å². The number of aromatic nitrogens is 2. The number of amides is 3. The van der Waals surface area contributed by atoms with Crippen LogP contribution in [0.4, 0.5) is 19.3 Å². The zero-order valence-electron chi connectivity index (χ0n) is 30.2. The second-order valence-electron chi connectivity index (χ2n) is 12.5. The van der Waals surface area contributed by atoms with Gasteiger partial charge in [0, 0.05) is 63.4 Å². The molecule has 3 aromatic carbocycles. The van der Waals surface area contributed by atoms with Crippen molar-refractivity contribution in [3.8, 4) is 21.9 Å². The number of anilines is 1. The Bertz CT molecular complexity index is 2180. The average molecular weight is 749 g/mol. The number of halogens is 2. The summed E-state index contributed by atoms with van der Waals surface area (Å²) in [6, 6.07) is 16.5. The monoisotopic (exact) mass is 748 g/mol. The molecule has 0 bridgehead atoms. The Kier molecular flexibility index (Phi) is 12.8. The summed E-state index contributed by atoms with van der Waals surface area (Å²) in [7, 11) is 6.73. The number of urea groups is 1. The highest BCUT2D eigenvalue weighted by molar-refractivity contribution is 7.22. The molecule has 0 saturated carbocycles. The fourth-order valence-electron chi connectivity index (χ4n) is 5.70. The normalized spacial score (nSPS) is 11.2. The number of rotatable bonds is 15. The molecule has 0 aliphatic rings. The number of nitrogens with zero attached hydrogens (tertiary/aromatic N) is 4. The number of benzene rings is 3. The summed E-state index contributed by atoms with van der Waals surface area (Å²) in [5.41, 5.74) is 0.269. The highest BCUT2D eigenvalue weighted by Crippen LogP contribution is 2.38. The largest absolute Gasteiger partial charge is 0.491 e. The highest BCUT2D eigenvalue weighted by Gasteiger charge is 2.26. The van der Waals surface area contributed by atoms with E-state index in [1.165, 1.54) is 15.5 Å². The molecule has 0 spiro atoms. The van der Waals surface area contributed by atoms with Gasteiger partial charge < -0.3 is 29.9 Å². The van der Waals surface area contributed by atoms with Crippen molar-refractivity contribution < 1.29 is 27.8 Å². The van der Waals surface area contributed by atoms with Crippen LogP contribution in [-0.4, -0.2) is 85.4 Å². The lowest BCUT2D eigenvalue weighted by molar-refractivity contribution is -0.129. The van der Waals surface area contributed by atoms with Crippen LogP contribution < -0.4 is 26.6 Å². The minimum atomic E-state index is -0.835. The first-order valence-electron chi connectivity index (χ1n) is 16.9. The Labute approximate surface area is 309 Å². The highest BCUT2D eigenvalue weighted by atomic mass is 32.1. The number of methoxy groups -OCH3 is 1. The first-order chi connectivity index (χ1) is 25.4. The van der Waals surface area contributed by atoms with E-state index in [9.17, 15) is 19.2 Å². The molecule has 2 heterocycles. The summed E-state index contributed by atoms with van der Waals surface area (Å²) in [4.78, 5) is 57.9. The Morgan fingerprint density at radius 3 is 2.21 bits per heavy atom. The molecule has 5 aromatic rings. The molecule has 2 aromatic heterocycles. The van der Waals surface area contributed by atoms with E-state index in [0.29, 0.717) is 53.7 Å². The molecule has 3 amide bonds. The molecule has 15 heteroatoms. The van der Waals surface area contributed by atoms with Crippen molar-refractivity contribution in [3.63, 3.8) is 0 Å². The standard InChI is InChI=1S/C38H42F2N6O6S/c1-6-41-37(49)42-25-12-10-24(11-13-25)34-29(22-44(4)19-18-32(47)43(2)3)33-35(48)46(26-14-16-27(17-15-26)52-21-20-51-5)38(50)45(36(33)53-34)23-28-30(39)8-7-9-31(28)40/h7-17H,6,18-23H2,1-5H3,(H2,41,42,49). The molecule has 0 fully saturated rings. The maximum absolute atomic E-state index is 15.1. The number of hydrogen-bond acceptors (Lipinski definition) is 8. The van der Waals surface area contributed by atoms with Crippen molar-refractivity contribution >= 4 is 39.2 Å². The minimum absolute atomic E-state index is 0.0693. The fourth-order valence-corrected chi connectivity index (χ4v) is 7.00. The van der Waals surface area contributed by atoms with Gasteiger partial charge in [0.1, 0.15) is 28.8 Å². The molecule has 53 heavy (non-hydrogen) atoms. The molecular formula is C38H42F2N6O6S. The topological polar surface area (TPSA) is 127 Å². The molecule has 5 rings (SSSR count).